The van der Waals surface area contributed by atoms with Crippen LogP contribution in [0.5, 0.6) is 0 Å². The summed E-state index contributed by atoms with van der Waals surface area (Å²) in [7, 11) is 3.00. The number of nitrogens with zero attached hydrogens (tertiary/aromatic N) is 2. The third-order valence-electron chi connectivity index (χ3n) is 4.07. The number of halogens is 3. The number of ether oxygens (including phenoxy) is 2. The number of aromatic nitrogens is 1. The lowest BCUT2D eigenvalue weighted by atomic mass is 10.1. The SMILES string of the molecule is COCCN(Cc1cccn1Cc1cccc(C(F)(F)F)c1)C(=O)COC. The Kier molecular flexibility index (Phi) is 7.44. The van der Waals surface area contributed by atoms with Gasteiger partial charge in [-0.3, -0.25) is 4.79 Å². The zero-order chi connectivity index (χ0) is 19.9. The van der Waals surface area contributed by atoms with Crippen molar-refractivity contribution in [3.05, 3.63) is 59.4 Å². The molecule has 27 heavy (non-hydrogen) atoms. The zero-order valence-corrected chi connectivity index (χ0v) is 15.3. The zero-order valence-electron chi connectivity index (χ0n) is 15.3. The molecule has 0 aliphatic carbocycles. The van der Waals surface area contributed by atoms with Crippen molar-refractivity contribution in [3.63, 3.8) is 0 Å². The van der Waals surface area contributed by atoms with E-state index < -0.39 is 11.7 Å². The Morgan fingerprint density at radius 1 is 1.15 bits per heavy atom. The number of amides is 1. The van der Waals surface area contributed by atoms with Gasteiger partial charge in [0.2, 0.25) is 5.91 Å². The molecule has 0 bridgehead atoms. The van der Waals surface area contributed by atoms with Gasteiger partial charge in [0, 0.05) is 39.2 Å². The van der Waals surface area contributed by atoms with Crippen molar-refractivity contribution in [2.24, 2.45) is 0 Å². The molecular formula is C19H23F3N2O3. The molecule has 5 nitrogen and oxygen atoms in total. The molecule has 2 rings (SSSR count). The number of carbonyl (C=O) groups is 1. The summed E-state index contributed by atoms with van der Waals surface area (Å²) in [5, 5.41) is 0. The largest absolute Gasteiger partial charge is 0.416 e. The fourth-order valence-corrected chi connectivity index (χ4v) is 2.69. The fourth-order valence-electron chi connectivity index (χ4n) is 2.69. The minimum atomic E-state index is -4.38. The molecule has 0 spiro atoms. The fraction of sp³-hybridized carbons (Fsp3) is 0.421. The molecule has 0 saturated carbocycles. The molecule has 1 amide bonds. The first kappa shape index (κ1) is 21.0. The van der Waals surface area contributed by atoms with E-state index in [0.29, 0.717) is 25.3 Å². The molecule has 0 atom stereocenters. The standard InChI is InChI=1S/C19H23F3N2O3/c1-26-10-9-24(18(25)14-27-2)13-17-7-4-8-23(17)12-15-5-3-6-16(11-15)19(20,21)22/h3-8,11H,9-10,12-14H2,1-2H3. The molecule has 0 unspecified atom stereocenters. The van der Waals surface area contributed by atoms with Crippen LogP contribution < -0.4 is 0 Å². The summed E-state index contributed by atoms with van der Waals surface area (Å²) in [5.41, 5.74) is 0.674. The van der Waals surface area contributed by atoms with Gasteiger partial charge in [0.25, 0.3) is 0 Å². The lowest BCUT2D eigenvalue weighted by Crippen LogP contribution is -2.36. The Morgan fingerprint density at radius 3 is 2.59 bits per heavy atom. The second kappa shape index (κ2) is 9.57. The van der Waals surface area contributed by atoms with E-state index in [1.807, 2.05) is 10.6 Å². The van der Waals surface area contributed by atoms with Gasteiger partial charge >= 0.3 is 6.18 Å². The van der Waals surface area contributed by atoms with E-state index in [-0.39, 0.29) is 19.1 Å². The second-order valence-electron chi connectivity index (χ2n) is 6.07. The Bertz CT molecular complexity index is 744. The van der Waals surface area contributed by atoms with Crippen molar-refractivity contribution in [2.75, 3.05) is 34.0 Å². The van der Waals surface area contributed by atoms with Crippen LogP contribution in [0, 0.1) is 0 Å². The number of rotatable bonds is 9. The van der Waals surface area contributed by atoms with Crippen molar-refractivity contribution in [2.45, 2.75) is 19.3 Å². The van der Waals surface area contributed by atoms with Crippen molar-refractivity contribution in [1.29, 1.82) is 0 Å². The van der Waals surface area contributed by atoms with E-state index in [1.165, 1.54) is 13.2 Å². The summed E-state index contributed by atoms with van der Waals surface area (Å²) in [6.07, 6.45) is -2.59. The number of hydrogen-bond acceptors (Lipinski definition) is 3. The van der Waals surface area contributed by atoms with Gasteiger partial charge in [-0.2, -0.15) is 13.2 Å². The van der Waals surface area contributed by atoms with Gasteiger partial charge in [0.1, 0.15) is 6.61 Å². The number of benzene rings is 1. The van der Waals surface area contributed by atoms with Crippen molar-refractivity contribution in [3.8, 4) is 0 Å². The minimum absolute atomic E-state index is 0.0436. The molecule has 8 heteroatoms. The summed E-state index contributed by atoms with van der Waals surface area (Å²) in [6.45, 7) is 1.33. The van der Waals surface area contributed by atoms with E-state index in [4.69, 9.17) is 9.47 Å². The maximum absolute atomic E-state index is 12.9. The van der Waals surface area contributed by atoms with Crippen LogP contribution in [0.2, 0.25) is 0 Å². The van der Waals surface area contributed by atoms with Crippen molar-refractivity contribution >= 4 is 5.91 Å². The Hall–Kier alpha value is -2.32. The van der Waals surface area contributed by atoms with Crippen LogP contribution in [0.4, 0.5) is 13.2 Å². The highest BCUT2D eigenvalue weighted by molar-refractivity contribution is 5.77. The number of alkyl halides is 3. The highest BCUT2D eigenvalue weighted by atomic mass is 19.4. The molecule has 0 saturated heterocycles. The number of hydrogen-bond donors (Lipinski definition) is 0. The molecule has 148 valence electrons. The monoisotopic (exact) mass is 384 g/mol. The number of carbonyl (C=O) groups excluding carboxylic acids is 1. The van der Waals surface area contributed by atoms with Gasteiger partial charge < -0.3 is 18.9 Å². The maximum Gasteiger partial charge on any atom is 0.416 e. The first-order valence-electron chi connectivity index (χ1n) is 8.41. The summed E-state index contributed by atoms with van der Waals surface area (Å²) >= 11 is 0. The third-order valence-corrected chi connectivity index (χ3v) is 4.07. The molecule has 0 aliphatic rings. The molecule has 1 aromatic heterocycles. The van der Waals surface area contributed by atoms with E-state index in [9.17, 15) is 18.0 Å². The highest BCUT2D eigenvalue weighted by Gasteiger charge is 2.30. The van der Waals surface area contributed by atoms with Gasteiger partial charge in [-0.25, -0.2) is 0 Å². The van der Waals surface area contributed by atoms with Crippen LogP contribution in [-0.4, -0.2) is 49.4 Å². The Balaban J connectivity index is 2.15. The van der Waals surface area contributed by atoms with Crippen LogP contribution in [0.3, 0.4) is 0 Å². The first-order valence-corrected chi connectivity index (χ1v) is 8.41. The molecule has 0 N–H and O–H groups in total. The summed E-state index contributed by atoms with van der Waals surface area (Å²) in [5.74, 6) is -0.179. The van der Waals surface area contributed by atoms with E-state index in [0.717, 1.165) is 17.8 Å². The van der Waals surface area contributed by atoms with Gasteiger partial charge in [0.15, 0.2) is 0 Å². The van der Waals surface area contributed by atoms with Crippen LogP contribution in [0.25, 0.3) is 0 Å². The third kappa shape index (κ3) is 6.11. The van der Waals surface area contributed by atoms with Gasteiger partial charge in [-0.05, 0) is 29.8 Å². The van der Waals surface area contributed by atoms with E-state index >= 15 is 0 Å². The predicted molar refractivity (Wildman–Crippen MR) is 94.1 cm³/mol. The van der Waals surface area contributed by atoms with Gasteiger partial charge in [0.05, 0.1) is 18.7 Å². The summed E-state index contributed by atoms with van der Waals surface area (Å²) < 4.78 is 50.5. The lowest BCUT2D eigenvalue weighted by Gasteiger charge is -2.23. The van der Waals surface area contributed by atoms with Gasteiger partial charge in [-0.15, -0.1) is 0 Å². The van der Waals surface area contributed by atoms with Gasteiger partial charge in [-0.1, -0.05) is 12.1 Å². The summed E-state index contributed by atoms with van der Waals surface area (Å²) in [4.78, 5) is 13.8. The Morgan fingerprint density at radius 2 is 1.93 bits per heavy atom. The quantitative estimate of drug-likeness (QED) is 0.667. The Labute approximate surface area is 156 Å². The minimum Gasteiger partial charge on any atom is -0.383 e. The van der Waals surface area contributed by atoms with Crippen molar-refractivity contribution < 1.29 is 27.4 Å². The molecule has 0 aliphatic heterocycles. The predicted octanol–water partition coefficient (Wildman–Crippen LogP) is 3.18. The van der Waals surface area contributed by atoms with Crippen LogP contribution in [0.1, 0.15) is 16.8 Å². The second-order valence-corrected chi connectivity index (χ2v) is 6.07. The topological polar surface area (TPSA) is 43.7 Å². The summed E-state index contributed by atoms with van der Waals surface area (Å²) in [6, 6.07) is 8.89. The molecule has 1 heterocycles. The van der Waals surface area contributed by atoms with E-state index in [2.05, 4.69) is 0 Å². The van der Waals surface area contributed by atoms with Crippen LogP contribution in [0.15, 0.2) is 42.6 Å². The molecule has 1 aromatic carbocycles. The maximum atomic E-state index is 12.9. The number of methoxy groups -OCH3 is 2. The van der Waals surface area contributed by atoms with Crippen LogP contribution in [-0.2, 0) is 33.5 Å². The lowest BCUT2D eigenvalue weighted by molar-refractivity contribution is -0.138. The average molecular weight is 384 g/mol. The molecular weight excluding hydrogens is 361 g/mol. The van der Waals surface area contributed by atoms with E-state index in [1.54, 1.807) is 30.3 Å². The average Bonchev–Trinajstić information content (AvgIpc) is 3.05. The molecule has 2 aromatic rings. The first-order chi connectivity index (χ1) is 12.8. The molecule has 0 fully saturated rings. The highest BCUT2D eigenvalue weighted by Crippen LogP contribution is 2.29. The smallest absolute Gasteiger partial charge is 0.383 e. The van der Waals surface area contributed by atoms with Crippen LogP contribution >= 0.6 is 0 Å². The molecule has 0 radical (unpaired) electrons. The normalized spacial score (nSPS) is 11.6. The van der Waals surface area contributed by atoms with Crippen molar-refractivity contribution in [1.82, 2.24) is 9.47 Å².